The first-order valence-electron chi connectivity index (χ1n) is 4.80. The first-order valence-corrected chi connectivity index (χ1v) is 4.80. The van der Waals surface area contributed by atoms with Gasteiger partial charge in [0, 0.05) is 10.9 Å². The number of aromatic nitrogens is 1. The van der Waals surface area contributed by atoms with E-state index in [0.29, 0.717) is 28.7 Å². The molecule has 0 radical (unpaired) electrons. The standard InChI is InChI=1S/C11H10N2O4/c1-17-10-3-6-2-9(11(15)16)13-7(6)4-8(10)12-5-14/h2-5,13H,1H3,(H,12,14)(H,15,16). The van der Waals surface area contributed by atoms with Gasteiger partial charge in [-0.1, -0.05) is 0 Å². The molecule has 17 heavy (non-hydrogen) atoms. The van der Waals surface area contributed by atoms with Gasteiger partial charge in [0.1, 0.15) is 11.4 Å². The van der Waals surface area contributed by atoms with Crippen molar-refractivity contribution < 1.29 is 19.4 Å². The summed E-state index contributed by atoms with van der Waals surface area (Å²) in [4.78, 5) is 24.0. The van der Waals surface area contributed by atoms with Gasteiger partial charge in [0.15, 0.2) is 0 Å². The number of carbonyl (C=O) groups is 2. The topological polar surface area (TPSA) is 91.4 Å². The Bertz CT molecular complexity index is 588. The van der Waals surface area contributed by atoms with Gasteiger partial charge in [-0.15, -0.1) is 0 Å². The number of anilines is 1. The molecule has 0 spiro atoms. The number of aromatic amines is 1. The van der Waals surface area contributed by atoms with E-state index in [1.165, 1.54) is 13.2 Å². The van der Waals surface area contributed by atoms with E-state index >= 15 is 0 Å². The summed E-state index contributed by atoms with van der Waals surface area (Å²) in [6.07, 6.45) is 0.532. The maximum atomic E-state index is 10.8. The summed E-state index contributed by atoms with van der Waals surface area (Å²) >= 11 is 0. The van der Waals surface area contributed by atoms with Crippen LogP contribution < -0.4 is 10.1 Å². The lowest BCUT2D eigenvalue weighted by atomic mass is 10.2. The summed E-state index contributed by atoms with van der Waals surface area (Å²) < 4.78 is 5.09. The van der Waals surface area contributed by atoms with Gasteiger partial charge in [-0.25, -0.2) is 4.79 Å². The molecule has 0 fully saturated rings. The molecule has 0 aliphatic rings. The average Bonchev–Trinajstić information content (AvgIpc) is 2.71. The van der Waals surface area contributed by atoms with Crippen molar-refractivity contribution in [3.05, 3.63) is 23.9 Å². The monoisotopic (exact) mass is 234 g/mol. The zero-order valence-electron chi connectivity index (χ0n) is 8.98. The molecule has 1 amide bonds. The minimum Gasteiger partial charge on any atom is -0.495 e. The van der Waals surface area contributed by atoms with Gasteiger partial charge in [-0.05, 0) is 18.2 Å². The Labute approximate surface area is 96.2 Å². The number of fused-ring (bicyclic) bond motifs is 1. The number of hydrogen-bond acceptors (Lipinski definition) is 3. The fourth-order valence-electron chi connectivity index (χ4n) is 1.62. The second-order valence-electron chi connectivity index (χ2n) is 3.39. The summed E-state index contributed by atoms with van der Waals surface area (Å²) in [5.74, 6) is -0.564. The molecule has 0 saturated heterocycles. The number of aromatic carboxylic acids is 1. The maximum absolute atomic E-state index is 10.8. The molecule has 0 atom stereocenters. The van der Waals surface area contributed by atoms with Crippen LogP contribution in [0.1, 0.15) is 10.5 Å². The molecule has 1 heterocycles. The molecule has 6 heteroatoms. The van der Waals surface area contributed by atoms with Crippen LogP contribution in [0.2, 0.25) is 0 Å². The van der Waals surface area contributed by atoms with Crippen molar-refractivity contribution in [3.8, 4) is 5.75 Å². The van der Waals surface area contributed by atoms with Crippen LogP contribution in [-0.2, 0) is 4.79 Å². The van der Waals surface area contributed by atoms with E-state index in [9.17, 15) is 9.59 Å². The number of nitrogens with one attached hydrogen (secondary N) is 2. The number of carboxylic acid groups (broad SMARTS) is 1. The van der Waals surface area contributed by atoms with E-state index in [1.807, 2.05) is 0 Å². The summed E-state index contributed by atoms with van der Waals surface area (Å²) in [5, 5.41) is 12.0. The van der Waals surface area contributed by atoms with Crippen molar-refractivity contribution in [1.29, 1.82) is 0 Å². The van der Waals surface area contributed by atoms with E-state index in [1.54, 1.807) is 12.1 Å². The van der Waals surface area contributed by atoms with Crippen LogP contribution >= 0.6 is 0 Å². The van der Waals surface area contributed by atoms with Crippen molar-refractivity contribution in [2.45, 2.75) is 0 Å². The molecule has 1 aromatic heterocycles. The number of benzene rings is 1. The third kappa shape index (κ3) is 1.92. The SMILES string of the molecule is COc1cc2cc(C(=O)O)[nH]c2cc1NC=O. The summed E-state index contributed by atoms with van der Waals surface area (Å²) in [5.41, 5.74) is 1.19. The summed E-state index contributed by atoms with van der Waals surface area (Å²) in [6.45, 7) is 0. The number of amides is 1. The lowest BCUT2D eigenvalue weighted by Gasteiger charge is -2.06. The molecule has 0 unspecified atom stereocenters. The van der Waals surface area contributed by atoms with E-state index in [2.05, 4.69) is 10.3 Å². The van der Waals surface area contributed by atoms with E-state index in [-0.39, 0.29) is 5.69 Å². The van der Waals surface area contributed by atoms with Crippen molar-refractivity contribution in [1.82, 2.24) is 4.98 Å². The summed E-state index contributed by atoms with van der Waals surface area (Å²) in [7, 11) is 1.47. The smallest absolute Gasteiger partial charge is 0.352 e. The van der Waals surface area contributed by atoms with E-state index in [4.69, 9.17) is 9.84 Å². The highest BCUT2D eigenvalue weighted by molar-refractivity contribution is 5.96. The number of hydrogen-bond donors (Lipinski definition) is 3. The number of carbonyl (C=O) groups excluding carboxylic acids is 1. The Kier molecular flexibility index (Phi) is 2.70. The van der Waals surface area contributed by atoms with E-state index in [0.717, 1.165) is 0 Å². The Morgan fingerprint density at radius 3 is 2.82 bits per heavy atom. The first kappa shape index (κ1) is 11.0. The van der Waals surface area contributed by atoms with Gasteiger partial charge in [0.2, 0.25) is 6.41 Å². The number of ether oxygens (including phenoxy) is 1. The largest absolute Gasteiger partial charge is 0.495 e. The van der Waals surface area contributed by atoms with Gasteiger partial charge >= 0.3 is 5.97 Å². The normalized spacial score (nSPS) is 10.2. The molecule has 0 bridgehead atoms. The molecule has 2 rings (SSSR count). The van der Waals surface area contributed by atoms with Gasteiger partial charge < -0.3 is 20.1 Å². The molecule has 6 nitrogen and oxygen atoms in total. The van der Waals surface area contributed by atoms with Crippen molar-refractivity contribution in [3.63, 3.8) is 0 Å². The Morgan fingerprint density at radius 1 is 1.47 bits per heavy atom. The Morgan fingerprint density at radius 2 is 2.24 bits per heavy atom. The number of carboxylic acids is 1. The quantitative estimate of drug-likeness (QED) is 0.698. The molecule has 1 aromatic carbocycles. The highest BCUT2D eigenvalue weighted by Crippen LogP contribution is 2.30. The molecule has 2 aromatic rings. The van der Waals surface area contributed by atoms with Gasteiger partial charge in [-0.2, -0.15) is 0 Å². The van der Waals surface area contributed by atoms with Crippen LogP contribution in [0.3, 0.4) is 0 Å². The van der Waals surface area contributed by atoms with Gasteiger partial charge in [0.05, 0.1) is 12.8 Å². The van der Waals surface area contributed by atoms with E-state index < -0.39 is 5.97 Å². The number of H-pyrrole nitrogens is 1. The molecule has 88 valence electrons. The number of rotatable bonds is 4. The predicted molar refractivity (Wildman–Crippen MR) is 61.5 cm³/mol. The highest BCUT2D eigenvalue weighted by atomic mass is 16.5. The molecule has 0 aliphatic carbocycles. The van der Waals surface area contributed by atoms with Gasteiger partial charge in [0.25, 0.3) is 0 Å². The zero-order valence-corrected chi connectivity index (χ0v) is 8.98. The van der Waals surface area contributed by atoms with Crippen LogP contribution in [0.4, 0.5) is 5.69 Å². The Hall–Kier alpha value is -2.50. The van der Waals surface area contributed by atoms with Crippen LogP contribution in [0.15, 0.2) is 18.2 Å². The minimum absolute atomic E-state index is 0.0882. The highest BCUT2D eigenvalue weighted by Gasteiger charge is 2.11. The molecular weight excluding hydrogens is 224 g/mol. The average molecular weight is 234 g/mol. The third-order valence-corrected chi connectivity index (χ3v) is 2.39. The van der Waals surface area contributed by atoms with Gasteiger partial charge in [-0.3, -0.25) is 4.79 Å². The first-order chi connectivity index (χ1) is 8.15. The minimum atomic E-state index is -1.04. The molecule has 3 N–H and O–H groups in total. The second-order valence-corrected chi connectivity index (χ2v) is 3.39. The van der Waals surface area contributed by atoms with Crippen molar-refractivity contribution in [2.24, 2.45) is 0 Å². The fourth-order valence-corrected chi connectivity index (χ4v) is 1.62. The molecule has 0 aliphatic heterocycles. The third-order valence-electron chi connectivity index (χ3n) is 2.39. The lowest BCUT2D eigenvalue weighted by molar-refractivity contribution is -0.105. The lowest BCUT2D eigenvalue weighted by Crippen LogP contribution is -1.97. The number of methoxy groups -OCH3 is 1. The predicted octanol–water partition coefficient (Wildman–Crippen LogP) is 1.44. The zero-order chi connectivity index (χ0) is 12.4. The van der Waals surface area contributed by atoms with Crippen molar-refractivity contribution in [2.75, 3.05) is 12.4 Å². The molecular formula is C11H10N2O4. The fraction of sp³-hybridized carbons (Fsp3) is 0.0909. The van der Waals surface area contributed by atoms with Crippen LogP contribution in [0, 0.1) is 0 Å². The maximum Gasteiger partial charge on any atom is 0.352 e. The van der Waals surface area contributed by atoms with Crippen molar-refractivity contribution >= 4 is 29.0 Å². The summed E-state index contributed by atoms with van der Waals surface area (Å²) in [6, 6.07) is 4.78. The van der Waals surface area contributed by atoms with Crippen LogP contribution in [-0.4, -0.2) is 29.6 Å². The second kappa shape index (κ2) is 4.17. The molecule has 0 saturated carbocycles. The van der Waals surface area contributed by atoms with Crippen LogP contribution in [0.25, 0.3) is 10.9 Å². The van der Waals surface area contributed by atoms with Crippen LogP contribution in [0.5, 0.6) is 5.75 Å². The Balaban J connectivity index is 2.61.